The Bertz CT molecular complexity index is 933. The van der Waals surface area contributed by atoms with Gasteiger partial charge in [-0.1, -0.05) is 54.5 Å². The monoisotopic (exact) mass is 366 g/mol. The highest BCUT2D eigenvalue weighted by atomic mass is 16.5. The number of rotatable bonds is 6. The fourth-order valence-electron chi connectivity index (χ4n) is 3.63. The van der Waals surface area contributed by atoms with Gasteiger partial charge in [0.15, 0.2) is 5.69 Å². The smallest absolute Gasteiger partial charge is 0.242 e. The van der Waals surface area contributed by atoms with Crippen molar-refractivity contribution >= 4 is 5.91 Å². The maximum absolute atomic E-state index is 12.5. The molecule has 0 radical (unpaired) electrons. The Morgan fingerprint density at radius 2 is 2.11 bits per heavy atom. The molecule has 0 saturated carbocycles. The lowest BCUT2D eigenvalue weighted by molar-refractivity contribution is -0.125. The van der Waals surface area contributed by atoms with Crippen LogP contribution in [0.4, 0.5) is 0 Å². The van der Waals surface area contributed by atoms with Gasteiger partial charge in [0.25, 0.3) is 0 Å². The molecule has 4 rings (SSSR count). The van der Waals surface area contributed by atoms with Crippen LogP contribution in [0.3, 0.4) is 0 Å². The second-order valence-electron chi connectivity index (χ2n) is 7.40. The van der Waals surface area contributed by atoms with Crippen molar-refractivity contribution in [3.63, 3.8) is 0 Å². The normalized spacial score (nSPS) is 19.6. The average molecular weight is 366 g/mol. The van der Waals surface area contributed by atoms with Gasteiger partial charge in [0.1, 0.15) is 5.41 Å². The van der Waals surface area contributed by atoms with Gasteiger partial charge in [0, 0.05) is 6.54 Å². The van der Waals surface area contributed by atoms with Gasteiger partial charge >= 0.3 is 0 Å². The summed E-state index contributed by atoms with van der Waals surface area (Å²) in [6.07, 6.45) is 3.11. The zero-order valence-corrected chi connectivity index (χ0v) is 15.4. The van der Waals surface area contributed by atoms with Crippen molar-refractivity contribution in [2.45, 2.75) is 38.6 Å². The molecular weight excluding hydrogens is 344 g/mol. The van der Waals surface area contributed by atoms with Crippen LogP contribution in [0, 0.1) is 5.92 Å². The molecule has 1 aromatic carbocycles. The van der Waals surface area contributed by atoms with E-state index in [0.717, 1.165) is 5.56 Å². The van der Waals surface area contributed by atoms with Crippen LogP contribution >= 0.6 is 0 Å². The maximum atomic E-state index is 12.5. The molecule has 1 amide bonds. The second kappa shape index (κ2) is 6.94. The van der Waals surface area contributed by atoms with Crippen molar-refractivity contribution in [2.75, 3.05) is 6.54 Å². The van der Waals surface area contributed by atoms with Crippen molar-refractivity contribution in [1.29, 1.82) is 0 Å². The van der Waals surface area contributed by atoms with E-state index in [0.29, 0.717) is 49.3 Å². The van der Waals surface area contributed by atoms with E-state index in [4.69, 9.17) is 4.52 Å². The zero-order valence-electron chi connectivity index (χ0n) is 15.4. The number of aromatic nitrogens is 5. The van der Waals surface area contributed by atoms with Crippen molar-refractivity contribution < 1.29 is 9.32 Å². The average Bonchev–Trinajstić information content (AvgIpc) is 3.36. The lowest BCUT2D eigenvalue weighted by Gasteiger charge is -2.23. The van der Waals surface area contributed by atoms with E-state index < -0.39 is 5.41 Å². The highest BCUT2D eigenvalue weighted by molar-refractivity contribution is 5.89. The standard InChI is InChI=1S/C19H22N6O2/c1-13(2)10-19(8-9-20-17(19)26)18-21-16(23-27-18)15-12-25(24-22-15)11-14-6-4-3-5-7-14/h3-7,12-13H,8-11H2,1-2H3,(H,20,26). The van der Waals surface area contributed by atoms with Gasteiger partial charge in [-0.15, -0.1) is 5.10 Å². The zero-order chi connectivity index (χ0) is 18.9. The van der Waals surface area contributed by atoms with Gasteiger partial charge in [-0.2, -0.15) is 4.98 Å². The Balaban J connectivity index is 1.58. The van der Waals surface area contributed by atoms with E-state index in [9.17, 15) is 4.79 Å². The van der Waals surface area contributed by atoms with Crippen LogP contribution in [0.25, 0.3) is 11.5 Å². The van der Waals surface area contributed by atoms with Crippen LogP contribution in [0.2, 0.25) is 0 Å². The molecule has 2 aromatic heterocycles. The molecule has 1 atom stereocenters. The summed E-state index contributed by atoms with van der Waals surface area (Å²) < 4.78 is 7.24. The lowest BCUT2D eigenvalue weighted by atomic mass is 9.78. The third-order valence-corrected chi connectivity index (χ3v) is 4.82. The predicted molar refractivity (Wildman–Crippen MR) is 97.6 cm³/mol. The molecule has 1 N–H and O–H groups in total. The van der Waals surface area contributed by atoms with E-state index >= 15 is 0 Å². The Morgan fingerprint density at radius 1 is 1.30 bits per heavy atom. The van der Waals surface area contributed by atoms with E-state index in [2.05, 4.69) is 39.6 Å². The molecular formula is C19H22N6O2. The molecule has 0 bridgehead atoms. The van der Waals surface area contributed by atoms with E-state index in [-0.39, 0.29) is 5.91 Å². The highest BCUT2D eigenvalue weighted by Gasteiger charge is 2.49. The van der Waals surface area contributed by atoms with E-state index in [1.807, 2.05) is 30.3 Å². The summed E-state index contributed by atoms with van der Waals surface area (Å²) in [5, 5.41) is 15.2. The van der Waals surface area contributed by atoms with E-state index in [1.165, 1.54) is 0 Å². The summed E-state index contributed by atoms with van der Waals surface area (Å²) in [5.74, 6) is 1.00. The van der Waals surface area contributed by atoms with Crippen LogP contribution < -0.4 is 5.32 Å². The van der Waals surface area contributed by atoms with Crippen LogP contribution in [0.1, 0.15) is 38.1 Å². The molecule has 1 fully saturated rings. The fraction of sp³-hybridized carbons (Fsp3) is 0.421. The first kappa shape index (κ1) is 17.4. The molecule has 8 heteroatoms. The summed E-state index contributed by atoms with van der Waals surface area (Å²) in [4.78, 5) is 17.0. The first-order valence-corrected chi connectivity index (χ1v) is 9.14. The summed E-state index contributed by atoms with van der Waals surface area (Å²) in [6, 6.07) is 10.0. The molecule has 1 saturated heterocycles. The van der Waals surface area contributed by atoms with E-state index in [1.54, 1.807) is 10.9 Å². The Labute approximate surface area is 157 Å². The van der Waals surface area contributed by atoms with Gasteiger partial charge in [-0.3, -0.25) is 4.79 Å². The van der Waals surface area contributed by atoms with Gasteiger partial charge in [0.05, 0.1) is 12.7 Å². The van der Waals surface area contributed by atoms with Gasteiger partial charge < -0.3 is 9.84 Å². The third-order valence-electron chi connectivity index (χ3n) is 4.82. The molecule has 8 nitrogen and oxygen atoms in total. The topological polar surface area (TPSA) is 98.7 Å². The number of amides is 1. The molecule has 1 aliphatic rings. The summed E-state index contributed by atoms with van der Waals surface area (Å²) >= 11 is 0. The fourth-order valence-corrected chi connectivity index (χ4v) is 3.63. The number of carbonyl (C=O) groups excluding carboxylic acids is 1. The van der Waals surface area contributed by atoms with Crippen LogP contribution in [0.5, 0.6) is 0 Å². The minimum atomic E-state index is -0.751. The number of nitrogens with zero attached hydrogens (tertiary/aromatic N) is 5. The number of nitrogens with one attached hydrogen (secondary N) is 1. The maximum Gasteiger partial charge on any atom is 0.242 e. The van der Waals surface area contributed by atoms with Crippen molar-refractivity contribution in [1.82, 2.24) is 30.5 Å². The lowest BCUT2D eigenvalue weighted by Crippen LogP contribution is -2.37. The highest BCUT2D eigenvalue weighted by Crippen LogP contribution is 2.37. The number of benzene rings is 1. The summed E-state index contributed by atoms with van der Waals surface area (Å²) in [6.45, 7) is 5.40. The van der Waals surface area contributed by atoms with Crippen molar-refractivity contribution in [3.05, 3.63) is 48.0 Å². The molecule has 0 aliphatic carbocycles. The van der Waals surface area contributed by atoms with Crippen molar-refractivity contribution in [2.24, 2.45) is 5.92 Å². The first-order valence-electron chi connectivity index (χ1n) is 9.14. The summed E-state index contributed by atoms with van der Waals surface area (Å²) in [5.41, 5.74) is 0.903. The molecule has 0 spiro atoms. The minimum absolute atomic E-state index is 0.0425. The molecule has 140 valence electrons. The molecule has 3 aromatic rings. The summed E-state index contributed by atoms with van der Waals surface area (Å²) in [7, 11) is 0. The molecule has 27 heavy (non-hydrogen) atoms. The molecule has 1 aliphatic heterocycles. The molecule has 1 unspecified atom stereocenters. The van der Waals surface area contributed by atoms with Crippen molar-refractivity contribution in [3.8, 4) is 11.5 Å². The second-order valence-corrected chi connectivity index (χ2v) is 7.40. The predicted octanol–water partition coefficient (Wildman–Crippen LogP) is 2.18. The number of hydrogen-bond acceptors (Lipinski definition) is 6. The van der Waals surface area contributed by atoms with Crippen LogP contribution in [0.15, 0.2) is 41.1 Å². The third kappa shape index (κ3) is 3.34. The Morgan fingerprint density at radius 3 is 2.81 bits per heavy atom. The van der Waals surface area contributed by atoms with Gasteiger partial charge in [-0.25, -0.2) is 4.68 Å². The van der Waals surface area contributed by atoms with Gasteiger partial charge in [0.2, 0.25) is 17.6 Å². The SMILES string of the molecule is CC(C)CC1(c2nc(-c3cn(Cc4ccccc4)nn3)no2)CCNC1=O. The molecule has 3 heterocycles. The quantitative estimate of drug-likeness (QED) is 0.718. The minimum Gasteiger partial charge on any atom is -0.355 e. The number of carbonyl (C=O) groups is 1. The first-order chi connectivity index (χ1) is 13.1. The largest absolute Gasteiger partial charge is 0.355 e. The van der Waals surface area contributed by atoms with Crippen LogP contribution in [-0.4, -0.2) is 37.6 Å². The number of hydrogen-bond donors (Lipinski definition) is 1. The van der Waals surface area contributed by atoms with Gasteiger partial charge in [-0.05, 0) is 24.3 Å². The van der Waals surface area contributed by atoms with Crippen LogP contribution in [-0.2, 0) is 16.8 Å². The Kier molecular flexibility index (Phi) is 4.47. The Hall–Kier alpha value is -3.03.